The lowest BCUT2D eigenvalue weighted by atomic mass is 9.86. The molecule has 2 heterocycles. The maximum atomic E-state index is 13.6. The summed E-state index contributed by atoms with van der Waals surface area (Å²) in [7, 11) is 1.54. The van der Waals surface area contributed by atoms with Crippen LogP contribution in [0.15, 0.2) is 87.9 Å². The molecule has 38 heavy (non-hydrogen) atoms. The van der Waals surface area contributed by atoms with Gasteiger partial charge in [-0.15, -0.1) is 11.3 Å². The number of hydrogen-bond acceptors (Lipinski definition) is 7. The summed E-state index contributed by atoms with van der Waals surface area (Å²) in [6.07, 6.45) is 0.929. The number of anilines is 2. The average molecular weight is 545 g/mol. The molecule has 1 atom stereocenters. The van der Waals surface area contributed by atoms with Crippen LogP contribution in [0, 0.1) is 11.3 Å². The van der Waals surface area contributed by atoms with E-state index < -0.39 is 5.92 Å². The van der Waals surface area contributed by atoms with Crippen LogP contribution in [0.25, 0.3) is 0 Å². The van der Waals surface area contributed by atoms with E-state index in [0.717, 1.165) is 17.0 Å². The molecule has 0 bridgehead atoms. The van der Waals surface area contributed by atoms with Gasteiger partial charge in [0.1, 0.15) is 5.75 Å². The first kappa shape index (κ1) is 27.0. The molecule has 0 fully saturated rings. The van der Waals surface area contributed by atoms with Crippen molar-refractivity contribution in [2.24, 2.45) is 0 Å². The van der Waals surface area contributed by atoms with Crippen LogP contribution in [-0.4, -0.2) is 24.7 Å². The second-order valence-electron chi connectivity index (χ2n) is 8.51. The topological polar surface area (TPSA) is 103 Å². The number of nitriles is 1. The molecule has 1 unspecified atom stereocenters. The standard InChI is InChI=1S/C29H28N4O3S2/c1-4-19-11-13-20(14-12-19)32-25(34)17-38-29-21(16-30)27(24-10-7-15-37-24)26(18(2)31-29)28(35)33-22-8-5-6-9-23(22)36-3/h5-15,27,31H,4,17H2,1-3H3,(H,32,34)(H,33,35). The maximum absolute atomic E-state index is 13.6. The number of dihydropyridines is 1. The Balaban J connectivity index is 1.57. The van der Waals surface area contributed by atoms with Gasteiger partial charge in [-0.25, -0.2) is 0 Å². The van der Waals surface area contributed by atoms with Crippen LogP contribution < -0.4 is 20.7 Å². The van der Waals surface area contributed by atoms with Crippen molar-refractivity contribution in [3.05, 3.63) is 98.4 Å². The van der Waals surface area contributed by atoms with E-state index in [9.17, 15) is 14.9 Å². The second-order valence-corrected chi connectivity index (χ2v) is 10.5. The van der Waals surface area contributed by atoms with E-state index in [1.807, 2.05) is 60.8 Å². The molecule has 0 radical (unpaired) electrons. The summed E-state index contributed by atoms with van der Waals surface area (Å²) in [5.74, 6) is -0.430. The Kier molecular flexibility index (Phi) is 8.89. The number of nitrogens with one attached hydrogen (secondary N) is 3. The van der Waals surface area contributed by atoms with Gasteiger partial charge in [-0.1, -0.05) is 49.0 Å². The minimum atomic E-state index is -0.567. The lowest BCUT2D eigenvalue weighted by Gasteiger charge is -2.29. The highest BCUT2D eigenvalue weighted by molar-refractivity contribution is 8.03. The number of thiophene rings is 1. The number of thioether (sulfide) groups is 1. The van der Waals surface area contributed by atoms with Crippen LogP contribution in [0.2, 0.25) is 0 Å². The second kappa shape index (κ2) is 12.5. The summed E-state index contributed by atoms with van der Waals surface area (Å²) >= 11 is 2.72. The van der Waals surface area contributed by atoms with Gasteiger partial charge >= 0.3 is 0 Å². The van der Waals surface area contributed by atoms with Crippen molar-refractivity contribution in [1.29, 1.82) is 5.26 Å². The number of aryl methyl sites for hydroxylation is 1. The maximum Gasteiger partial charge on any atom is 0.254 e. The van der Waals surface area contributed by atoms with E-state index in [-0.39, 0.29) is 17.6 Å². The Morgan fingerprint density at radius 1 is 1.11 bits per heavy atom. The number of hydrogen-bond donors (Lipinski definition) is 3. The molecule has 2 amide bonds. The molecular formula is C29H28N4O3S2. The third kappa shape index (κ3) is 6.10. The molecule has 0 aliphatic carbocycles. The Hall–Kier alpha value is -4.00. The van der Waals surface area contributed by atoms with Gasteiger partial charge in [-0.05, 0) is 54.6 Å². The van der Waals surface area contributed by atoms with Gasteiger partial charge in [-0.2, -0.15) is 5.26 Å². The van der Waals surface area contributed by atoms with Crippen molar-refractivity contribution in [1.82, 2.24) is 5.32 Å². The van der Waals surface area contributed by atoms with E-state index in [2.05, 4.69) is 28.9 Å². The Morgan fingerprint density at radius 3 is 2.53 bits per heavy atom. The summed E-state index contributed by atoms with van der Waals surface area (Å²) in [5.41, 5.74) is 3.92. The first-order valence-corrected chi connectivity index (χ1v) is 13.9. The molecule has 4 rings (SSSR count). The average Bonchev–Trinajstić information content (AvgIpc) is 3.47. The lowest BCUT2D eigenvalue weighted by molar-refractivity contribution is -0.114. The van der Waals surface area contributed by atoms with Crippen LogP contribution in [-0.2, 0) is 16.0 Å². The highest BCUT2D eigenvalue weighted by atomic mass is 32.2. The first-order valence-electron chi connectivity index (χ1n) is 12.1. The van der Waals surface area contributed by atoms with Crippen LogP contribution in [0.1, 0.15) is 30.2 Å². The smallest absolute Gasteiger partial charge is 0.254 e. The largest absolute Gasteiger partial charge is 0.495 e. The molecular weight excluding hydrogens is 516 g/mol. The van der Waals surface area contributed by atoms with Crippen molar-refractivity contribution in [2.75, 3.05) is 23.5 Å². The SMILES string of the molecule is CCc1ccc(NC(=O)CSC2=C(C#N)C(c3cccs3)C(C(=O)Nc3ccccc3OC)=C(C)N2)cc1. The number of carbonyl (C=O) groups excluding carboxylic acids is 2. The number of allylic oxidation sites excluding steroid dienone is 2. The molecule has 1 aromatic heterocycles. The molecule has 194 valence electrons. The molecule has 0 spiro atoms. The molecule has 1 aliphatic heterocycles. The van der Waals surface area contributed by atoms with Crippen molar-refractivity contribution in [3.8, 4) is 11.8 Å². The van der Waals surface area contributed by atoms with Gasteiger partial charge in [0.25, 0.3) is 5.91 Å². The zero-order valence-electron chi connectivity index (χ0n) is 21.3. The number of amides is 2. The van der Waals surface area contributed by atoms with Crippen molar-refractivity contribution >= 4 is 46.3 Å². The monoisotopic (exact) mass is 544 g/mol. The van der Waals surface area contributed by atoms with E-state index in [1.54, 1.807) is 19.2 Å². The highest BCUT2D eigenvalue weighted by Gasteiger charge is 2.35. The number of methoxy groups -OCH3 is 1. The number of nitrogens with zero attached hydrogens (tertiary/aromatic N) is 1. The van der Waals surface area contributed by atoms with Crippen LogP contribution in [0.4, 0.5) is 11.4 Å². The van der Waals surface area contributed by atoms with E-state index in [0.29, 0.717) is 33.3 Å². The number of ether oxygens (including phenoxy) is 1. The number of benzene rings is 2. The zero-order valence-corrected chi connectivity index (χ0v) is 23.0. The molecule has 7 nitrogen and oxygen atoms in total. The molecule has 0 saturated carbocycles. The summed E-state index contributed by atoms with van der Waals surface area (Å²) in [4.78, 5) is 27.1. The molecule has 3 N–H and O–H groups in total. The fourth-order valence-corrected chi connectivity index (χ4v) is 5.90. The molecule has 0 saturated heterocycles. The number of carbonyl (C=O) groups is 2. The fourth-order valence-electron chi connectivity index (χ4n) is 4.16. The van der Waals surface area contributed by atoms with E-state index in [4.69, 9.17) is 4.74 Å². The van der Waals surface area contributed by atoms with E-state index >= 15 is 0 Å². The van der Waals surface area contributed by atoms with Gasteiger partial charge in [0.15, 0.2) is 0 Å². The summed E-state index contributed by atoms with van der Waals surface area (Å²) in [5, 5.41) is 21.8. The van der Waals surface area contributed by atoms with Gasteiger partial charge in [0.05, 0.1) is 41.1 Å². The predicted octanol–water partition coefficient (Wildman–Crippen LogP) is 6.03. The number of rotatable bonds is 9. The Labute approximate surface area is 230 Å². The number of para-hydroxylation sites is 2. The minimum absolute atomic E-state index is 0.107. The quantitative estimate of drug-likeness (QED) is 0.304. The van der Waals surface area contributed by atoms with Gasteiger partial charge in [-0.3, -0.25) is 9.59 Å². The third-order valence-corrected chi connectivity index (χ3v) is 8.02. The van der Waals surface area contributed by atoms with Gasteiger partial charge in [0, 0.05) is 21.8 Å². The molecule has 1 aliphatic rings. The Morgan fingerprint density at radius 2 is 1.87 bits per heavy atom. The molecule has 9 heteroatoms. The van der Waals surface area contributed by atoms with Crippen molar-refractivity contribution in [2.45, 2.75) is 26.2 Å². The van der Waals surface area contributed by atoms with E-state index in [1.165, 1.54) is 28.7 Å². The molecule has 2 aromatic carbocycles. The fraction of sp³-hybridized carbons (Fsp3) is 0.207. The van der Waals surface area contributed by atoms with Crippen molar-refractivity contribution in [3.63, 3.8) is 0 Å². The van der Waals surface area contributed by atoms with Gasteiger partial charge in [0.2, 0.25) is 5.91 Å². The van der Waals surface area contributed by atoms with Crippen LogP contribution in [0.3, 0.4) is 0 Å². The zero-order chi connectivity index (χ0) is 27.1. The normalized spacial score (nSPS) is 14.9. The predicted molar refractivity (Wildman–Crippen MR) is 154 cm³/mol. The Bertz CT molecular complexity index is 1420. The van der Waals surface area contributed by atoms with Crippen molar-refractivity contribution < 1.29 is 14.3 Å². The van der Waals surface area contributed by atoms with Crippen LogP contribution >= 0.6 is 23.1 Å². The van der Waals surface area contributed by atoms with Gasteiger partial charge < -0.3 is 20.7 Å². The highest BCUT2D eigenvalue weighted by Crippen LogP contribution is 2.42. The third-order valence-electron chi connectivity index (χ3n) is 6.07. The lowest BCUT2D eigenvalue weighted by Crippen LogP contribution is -2.31. The summed E-state index contributed by atoms with van der Waals surface area (Å²) < 4.78 is 5.38. The summed E-state index contributed by atoms with van der Waals surface area (Å²) in [6, 6.07) is 21.0. The summed E-state index contributed by atoms with van der Waals surface area (Å²) in [6.45, 7) is 3.89. The van der Waals surface area contributed by atoms with Crippen LogP contribution in [0.5, 0.6) is 5.75 Å². The first-order chi connectivity index (χ1) is 18.4. The minimum Gasteiger partial charge on any atom is -0.495 e. The molecule has 3 aromatic rings.